The Morgan fingerprint density at radius 1 is 1.15 bits per heavy atom. The number of thiocarbonyl (C=S) groups is 1. The Morgan fingerprint density at radius 3 is 2.59 bits per heavy atom. The van der Waals surface area contributed by atoms with Gasteiger partial charge in [-0.25, -0.2) is 0 Å². The zero-order valence-electron chi connectivity index (χ0n) is 15.0. The first kappa shape index (κ1) is 19.1. The van der Waals surface area contributed by atoms with Crippen LogP contribution < -0.4 is 14.4 Å². The molecule has 0 aromatic heterocycles. The molecule has 3 rings (SSSR count). The monoisotopic (exact) mass is 399 g/mol. The number of rotatable bonds is 5. The molecule has 2 aromatic carbocycles. The highest BCUT2D eigenvalue weighted by molar-refractivity contribution is 8.27. The number of benzene rings is 2. The van der Waals surface area contributed by atoms with Crippen LogP contribution in [-0.2, 0) is 4.79 Å². The number of thioether (sulfide) groups is 1. The van der Waals surface area contributed by atoms with Gasteiger partial charge in [0.2, 0.25) is 0 Å². The van der Waals surface area contributed by atoms with E-state index in [0.29, 0.717) is 32.0 Å². The predicted octanol–water partition coefficient (Wildman–Crippen LogP) is 4.31. The number of Topliss-reactive ketones (excluding diaryl/α,β-unsaturated/α-hetero) is 1. The van der Waals surface area contributed by atoms with Gasteiger partial charge in [0, 0.05) is 11.1 Å². The topological polar surface area (TPSA) is 55.8 Å². The minimum absolute atomic E-state index is 0.0704. The number of nitrogens with zero attached hydrogens (tertiary/aromatic N) is 1. The molecule has 1 heterocycles. The number of ketones is 1. The van der Waals surface area contributed by atoms with Crippen molar-refractivity contribution in [3.05, 3.63) is 58.5 Å². The maximum Gasteiger partial charge on any atom is 0.270 e. The van der Waals surface area contributed by atoms with E-state index in [1.54, 1.807) is 62.8 Å². The first-order valence-electron chi connectivity index (χ1n) is 8.05. The summed E-state index contributed by atoms with van der Waals surface area (Å²) in [4.78, 5) is 26.5. The molecular formula is C20H17NO4S2. The van der Waals surface area contributed by atoms with Gasteiger partial charge in [0.1, 0.15) is 11.5 Å². The van der Waals surface area contributed by atoms with E-state index in [4.69, 9.17) is 21.7 Å². The summed E-state index contributed by atoms with van der Waals surface area (Å²) in [5.41, 5.74) is 1.82. The van der Waals surface area contributed by atoms with Gasteiger partial charge in [-0.1, -0.05) is 36.1 Å². The summed E-state index contributed by atoms with van der Waals surface area (Å²) in [6, 6.07) is 12.2. The lowest BCUT2D eigenvalue weighted by Crippen LogP contribution is -2.27. The average molecular weight is 399 g/mol. The molecule has 138 valence electrons. The summed E-state index contributed by atoms with van der Waals surface area (Å²) >= 11 is 6.60. The fourth-order valence-corrected chi connectivity index (χ4v) is 3.94. The van der Waals surface area contributed by atoms with E-state index in [-0.39, 0.29) is 11.7 Å². The highest BCUT2D eigenvalue weighted by atomic mass is 32.2. The third-order valence-corrected chi connectivity index (χ3v) is 5.33. The summed E-state index contributed by atoms with van der Waals surface area (Å²) in [5, 5.41) is 0. The molecule has 7 heteroatoms. The maximum atomic E-state index is 12.9. The van der Waals surface area contributed by atoms with Gasteiger partial charge in [-0.2, -0.15) is 0 Å². The normalized spacial score (nSPS) is 15.4. The summed E-state index contributed by atoms with van der Waals surface area (Å²) in [6.07, 6.45) is 1.73. The number of amides is 1. The van der Waals surface area contributed by atoms with Crippen LogP contribution in [0.25, 0.3) is 6.08 Å². The van der Waals surface area contributed by atoms with Gasteiger partial charge >= 0.3 is 0 Å². The SMILES string of the molecule is COc1ccc(OC)c(C=C2SC(=S)N(c3cccc(C(C)=O)c3)C2=O)c1. The molecule has 1 fully saturated rings. The number of ether oxygens (including phenoxy) is 2. The van der Waals surface area contributed by atoms with Crippen molar-refractivity contribution in [3.63, 3.8) is 0 Å². The van der Waals surface area contributed by atoms with Crippen LogP contribution in [0.4, 0.5) is 5.69 Å². The van der Waals surface area contributed by atoms with Gasteiger partial charge in [-0.05, 0) is 43.3 Å². The number of hydrogen-bond acceptors (Lipinski definition) is 6. The predicted molar refractivity (Wildman–Crippen MR) is 112 cm³/mol. The molecule has 0 bridgehead atoms. The van der Waals surface area contributed by atoms with E-state index < -0.39 is 0 Å². The van der Waals surface area contributed by atoms with Crippen LogP contribution in [0.15, 0.2) is 47.4 Å². The molecule has 5 nitrogen and oxygen atoms in total. The summed E-state index contributed by atoms with van der Waals surface area (Å²) in [5.74, 6) is 0.973. The Hall–Kier alpha value is -2.64. The number of methoxy groups -OCH3 is 2. The van der Waals surface area contributed by atoms with E-state index in [0.717, 1.165) is 5.56 Å². The highest BCUT2D eigenvalue weighted by Gasteiger charge is 2.33. The smallest absolute Gasteiger partial charge is 0.270 e. The molecule has 0 unspecified atom stereocenters. The molecule has 27 heavy (non-hydrogen) atoms. The van der Waals surface area contributed by atoms with E-state index in [1.807, 2.05) is 0 Å². The molecule has 1 aliphatic heterocycles. The van der Waals surface area contributed by atoms with Crippen LogP contribution in [-0.4, -0.2) is 30.2 Å². The van der Waals surface area contributed by atoms with Gasteiger partial charge in [-0.3, -0.25) is 14.5 Å². The van der Waals surface area contributed by atoms with Gasteiger partial charge in [0.15, 0.2) is 10.1 Å². The molecule has 0 atom stereocenters. The van der Waals surface area contributed by atoms with Crippen molar-refractivity contribution in [2.45, 2.75) is 6.92 Å². The van der Waals surface area contributed by atoms with Crippen LogP contribution in [0.2, 0.25) is 0 Å². The molecule has 1 amide bonds. The minimum Gasteiger partial charge on any atom is -0.497 e. The van der Waals surface area contributed by atoms with Crippen molar-refractivity contribution in [2.24, 2.45) is 0 Å². The third-order valence-electron chi connectivity index (χ3n) is 4.03. The Bertz CT molecular complexity index is 968. The Balaban J connectivity index is 1.98. The minimum atomic E-state index is -0.240. The van der Waals surface area contributed by atoms with Crippen molar-refractivity contribution < 1.29 is 19.1 Å². The van der Waals surface area contributed by atoms with Crippen molar-refractivity contribution in [3.8, 4) is 11.5 Å². The first-order valence-corrected chi connectivity index (χ1v) is 9.28. The lowest BCUT2D eigenvalue weighted by Gasteiger charge is -2.15. The van der Waals surface area contributed by atoms with Crippen LogP contribution in [0, 0.1) is 0 Å². The molecule has 0 spiro atoms. The second-order valence-corrected chi connectivity index (χ2v) is 7.41. The molecule has 1 aliphatic rings. The number of hydrogen-bond donors (Lipinski definition) is 0. The van der Waals surface area contributed by atoms with Crippen LogP contribution in [0.3, 0.4) is 0 Å². The van der Waals surface area contributed by atoms with Crippen LogP contribution in [0.5, 0.6) is 11.5 Å². The average Bonchev–Trinajstić information content (AvgIpc) is 2.95. The standard InChI is InChI=1S/C20H17NO4S2/c1-12(22)13-5-4-6-15(9-13)21-19(23)18(27-20(21)26)11-14-10-16(24-2)7-8-17(14)25-3/h4-11H,1-3H3. The second kappa shape index (κ2) is 7.94. The van der Waals surface area contributed by atoms with Gasteiger partial charge in [0.05, 0.1) is 24.8 Å². The number of carbonyl (C=O) groups is 2. The van der Waals surface area contributed by atoms with Gasteiger partial charge in [0.25, 0.3) is 5.91 Å². The Kier molecular flexibility index (Phi) is 5.62. The second-order valence-electron chi connectivity index (χ2n) is 5.73. The van der Waals surface area contributed by atoms with E-state index >= 15 is 0 Å². The van der Waals surface area contributed by atoms with E-state index in [2.05, 4.69) is 0 Å². The zero-order chi connectivity index (χ0) is 19.6. The molecular weight excluding hydrogens is 382 g/mol. The molecule has 0 N–H and O–H groups in total. The molecule has 1 saturated heterocycles. The van der Waals surface area contributed by atoms with Crippen molar-refractivity contribution in [2.75, 3.05) is 19.1 Å². The molecule has 0 radical (unpaired) electrons. The van der Waals surface area contributed by atoms with Gasteiger partial charge in [-0.15, -0.1) is 0 Å². The van der Waals surface area contributed by atoms with E-state index in [9.17, 15) is 9.59 Å². The Labute approximate surface area is 167 Å². The number of carbonyl (C=O) groups excluding carboxylic acids is 2. The summed E-state index contributed by atoms with van der Waals surface area (Å²) < 4.78 is 11.0. The van der Waals surface area contributed by atoms with Crippen LogP contribution >= 0.6 is 24.0 Å². The number of anilines is 1. The fraction of sp³-hybridized carbons (Fsp3) is 0.150. The fourth-order valence-electron chi connectivity index (χ4n) is 2.65. The lowest BCUT2D eigenvalue weighted by atomic mass is 10.1. The third kappa shape index (κ3) is 3.89. The highest BCUT2D eigenvalue weighted by Crippen LogP contribution is 2.38. The first-order chi connectivity index (χ1) is 12.9. The Morgan fingerprint density at radius 2 is 1.93 bits per heavy atom. The van der Waals surface area contributed by atoms with Crippen molar-refractivity contribution in [1.29, 1.82) is 0 Å². The van der Waals surface area contributed by atoms with Crippen LogP contribution in [0.1, 0.15) is 22.8 Å². The molecule has 0 saturated carbocycles. The van der Waals surface area contributed by atoms with Crippen molar-refractivity contribution in [1.82, 2.24) is 0 Å². The quantitative estimate of drug-likeness (QED) is 0.424. The summed E-state index contributed by atoms with van der Waals surface area (Å²) in [7, 11) is 3.14. The van der Waals surface area contributed by atoms with E-state index in [1.165, 1.54) is 23.6 Å². The maximum absolute atomic E-state index is 12.9. The molecule has 2 aromatic rings. The van der Waals surface area contributed by atoms with Crippen molar-refractivity contribution >= 4 is 51.8 Å². The largest absolute Gasteiger partial charge is 0.497 e. The zero-order valence-corrected chi connectivity index (χ0v) is 16.6. The lowest BCUT2D eigenvalue weighted by molar-refractivity contribution is -0.113. The van der Waals surface area contributed by atoms with Gasteiger partial charge < -0.3 is 9.47 Å². The molecule has 0 aliphatic carbocycles. The summed E-state index contributed by atoms with van der Waals surface area (Å²) in [6.45, 7) is 1.48.